The molecule has 210 valence electrons. The van der Waals surface area contributed by atoms with Gasteiger partial charge in [0.2, 0.25) is 11.5 Å². The van der Waals surface area contributed by atoms with Crippen LogP contribution in [0.3, 0.4) is 0 Å². The van der Waals surface area contributed by atoms with Gasteiger partial charge in [-0.2, -0.15) is 13.2 Å². The summed E-state index contributed by atoms with van der Waals surface area (Å²) in [7, 11) is 0. The first-order valence-corrected chi connectivity index (χ1v) is 14.3. The molecule has 9 heteroatoms. The van der Waals surface area contributed by atoms with E-state index in [4.69, 9.17) is 4.84 Å². The lowest BCUT2D eigenvalue weighted by molar-refractivity contribution is -0.141. The number of carbonyl (C=O) groups is 1. The third-order valence-electron chi connectivity index (χ3n) is 6.53. The number of fused-ring (bicyclic) bond motifs is 3. The van der Waals surface area contributed by atoms with E-state index < -0.39 is 24.0 Å². The number of aliphatic imine (C=N–C) groups is 1. The first-order valence-electron chi connectivity index (χ1n) is 13.2. The van der Waals surface area contributed by atoms with E-state index in [-0.39, 0.29) is 5.56 Å². The van der Waals surface area contributed by atoms with Crippen LogP contribution < -0.4 is 10.8 Å². The quantitative estimate of drug-likeness (QED) is 0.237. The van der Waals surface area contributed by atoms with Crippen LogP contribution in [-0.4, -0.2) is 35.8 Å². The Labute approximate surface area is 233 Å². The van der Waals surface area contributed by atoms with Crippen molar-refractivity contribution in [2.24, 2.45) is 4.99 Å². The van der Waals surface area contributed by atoms with Gasteiger partial charge in [-0.3, -0.25) is 4.79 Å². The molecular weight excluding hydrogens is 523 g/mol. The molecule has 1 aliphatic heterocycles. The van der Waals surface area contributed by atoms with Crippen molar-refractivity contribution in [3.63, 3.8) is 0 Å². The number of benzene rings is 2. The Morgan fingerprint density at radius 2 is 1.69 bits per heavy atom. The summed E-state index contributed by atoms with van der Waals surface area (Å²) in [5.41, 5.74) is 5.54. The fourth-order valence-corrected chi connectivity index (χ4v) is 5.79. The highest BCUT2D eigenvalue weighted by Gasteiger charge is 2.49. The van der Waals surface area contributed by atoms with Crippen molar-refractivity contribution in [2.75, 3.05) is 12.3 Å². The monoisotopic (exact) mass is 559 g/mol. The third kappa shape index (κ3) is 6.94. The standard InChI is InChI=1S/C28H30F3N3O2S.C2H6/c1-3-11-19(4-2)24-33-26(36-34-24)37-17-10-9-16-27(25(35)32-18-28(29,30)31)22-14-7-5-12-20(22)21-13-6-8-15-23(21)27;1-2/h3-8,11-15,26H,9-10,16-18H2,1-2H3,(H,32,35)(H,33,34);1-2H3/b11-3-,19-4+;. The Kier molecular flexibility index (Phi) is 10.8. The average Bonchev–Trinajstić information content (AvgIpc) is 3.53. The van der Waals surface area contributed by atoms with Crippen molar-refractivity contribution in [1.29, 1.82) is 0 Å². The summed E-state index contributed by atoms with van der Waals surface area (Å²) < 4.78 is 39.0. The molecule has 2 aliphatic rings. The van der Waals surface area contributed by atoms with Crippen LogP contribution in [0.4, 0.5) is 13.2 Å². The molecule has 2 aromatic rings. The number of amides is 1. The van der Waals surface area contributed by atoms with Crippen molar-refractivity contribution < 1.29 is 22.8 Å². The molecule has 0 saturated heterocycles. The Balaban J connectivity index is 0.00000205. The molecule has 2 N–H and O–H groups in total. The maximum absolute atomic E-state index is 13.5. The highest BCUT2D eigenvalue weighted by atomic mass is 32.2. The fraction of sp³-hybridized carbons (Fsp3) is 0.400. The van der Waals surface area contributed by atoms with Gasteiger partial charge >= 0.3 is 6.18 Å². The lowest BCUT2D eigenvalue weighted by Gasteiger charge is -2.31. The van der Waals surface area contributed by atoms with Crippen LogP contribution in [0, 0.1) is 0 Å². The molecular formula is C30H36F3N3O2S. The van der Waals surface area contributed by atoms with Crippen molar-refractivity contribution in [3.05, 3.63) is 83.5 Å². The summed E-state index contributed by atoms with van der Waals surface area (Å²) in [6, 6.07) is 15.0. The van der Waals surface area contributed by atoms with Crippen LogP contribution in [0.1, 0.15) is 58.1 Å². The first-order chi connectivity index (χ1) is 18.8. The van der Waals surface area contributed by atoms with Crippen LogP contribution in [0.2, 0.25) is 0 Å². The Bertz CT molecular complexity index is 1180. The van der Waals surface area contributed by atoms with Gasteiger partial charge < -0.3 is 5.32 Å². The molecule has 0 spiro atoms. The number of allylic oxidation sites excluding steroid dienone is 2. The van der Waals surface area contributed by atoms with Gasteiger partial charge in [0.05, 0.1) is 0 Å². The fourth-order valence-electron chi connectivity index (χ4n) is 4.92. The zero-order valence-electron chi connectivity index (χ0n) is 22.8. The van der Waals surface area contributed by atoms with E-state index in [2.05, 4.69) is 15.8 Å². The van der Waals surface area contributed by atoms with Gasteiger partial charge in [0, 0.05) is 5.57 Å². The minimum atomic E-state index is -4.49. The molecule has 39 heavy (non-hydrogen) atoms. The summed E-state index contributed by atoms with van der Waals surface area (Å²) in [5.74, 6) is 0.787. The van der Waals surface area contributed by atoms with Crippen molar-refractivity contribution in [1.82, 2.24) is 10.8 Å². The van der Waals surface area contributed by atoms with E-state index in [1.165, 1.54) is 11.8 Å². The molecule has 1 heterocycles. The van der Waals surface area contributed by atoms with E-state index >= 15 is 0 Å². The number of hydrogen-bond acceptors (Lipinski definition) is 5. The molecule has 0 aromatic heterocycles. The summed E-state index contributed by atoms with van der Waals surface area (Å²) >= 11 is 1.54. The second-order valence-corrected chi connectivity index (χ2v) is 10.0. The Morgan fingerprint density at radius 1 is 1.08 bits per heavy atom. The number of alkyl halides is 3. The van der Waals surface area contributed by atoms with Crippen LogP contribution in [0.15, 0.2) is 77.3 Å². The number of hydroxylamine groups is 1. The third-order valence-corrected chi connectivity index (χ3v) is 7.54. The highest BCUT2D eigenvalue weighted by molar-refractivity contribution is 7.99. The topological polar surface area (TPSA) is 62.7 Å². The number of amidine groups is 1. The molecule has 5 nitrogen and oxygen atoms in total. The van der Waals surface area contributed by atoms with E-state index in [1.54, 1.807) is 0 Å². The zero-order valence-corrected chi connectivity index (χ0v) is 23.6. The van der Waals surface area contributed by atoms with E-state index in [0.29, 0.717) is 18.7 Å². The molecule has 4 rings (SSSR count). The summed E-state index contributed by atoms with van der Waals surface area (Å²) in [5, 5.41) is 2.18. The average molecular weight is 560 g/mol. The number of thioether (sulfide) groups is 1. The van der Waals surface area contributed by atoms with Crippen LogP contribution in [0.25, 0.3) is 11.1 Å². The Hall–Kier alpha value is -3.04. The van der Waals surface area contributed by atoms with Crippen LogP contribution in [-0.2, 0) is 15.0 Å². The first kappa shape index (κ1) is 30.5. The second kappa shape index (κ2) is 13.8. The van der Waals surface area contributed by atoms with Gasteiger partial charge in [0.25, 0.3) is 0 Å². The largest absolute Gasteiger partial charge is 0.405 e. The molecule has 1 amide bonds. The van der Waals surface area contributed by atoms with Crippen molar-refractivity contribution >= 4 is 23.5 Å². The SMILES string of the molecule is C/C=C\C(=C/C)C1=NC(SCCCCC2(C(=O)NCC(F)(F)F)c3ccccc3-c3ccccc32)ON1.CC. The van der Waals surface area contributed by atoms with Gasteiger partial charge in [-0.15, -0.1) is 11.8 Å². The molecule has 2 aromatic carbocycles. The Morgan fingerprint density at radius 3 is 2.26 bits per heavy atom. The molecule has 0 bridgehead atoms. The van der Waals surface area contributed by atoms with Gasteiger partial charge in [-0.1, -0.05) is 87.0 Å². The number of halogens is 3. The van der Waals surface area contributed by atoms with Gasteiger partial charge in [0.1, 0.15) is 12.0 Å². The normalized spacial score (nSPS) is 17.6. The number of carbonyl (C=O) groups excluding carboxylic acids is 1. The van der Waals surface area contributed by atoms with Crippen LogP contribution >= 0.6 is 11.8 Å². The molecule has 1 aliphatic carbocycles. The van der Waals surface area contributed by atoms with E-state index in [0.717, 1.165) is 40.0 Å². The van der Waals surface area contributed by atoms with E-state index in [1.807, 2.05) is 94.5 Å². The van der Waals surface area contributed by atoms with Crippen LogP contribution in [0.5, 0.6) is 0 Å². The second-order valence-electron chi connectivity index (χ2n) is 8.87. The predicted octanol–water partition coefficient (Wildman–Crippen LogP) is 7.30. The number of rotatable bonds is 10. The molecule has 0 fully saturated rings. The number of nitrogens with one attached hydrogen (secondary N) is 2. The number of nitrogens with zero attached hydrogens (tertiary/aromatic N) is 1. The highest BCUT2D eigenvalue weighted by Crippen LogP contribution is 2.51. The maximum Gasteiger partial charge on any atom is 0.405 e. The van der Waals surface area contributed by atoms with Gasteiger partial charge in [0.15, 0.2) is 5.84 Å². The maximum atomic E-state index is 13.5. The summed E-state index contributed by atoms with van der Waals surface area (Å²) in [6.07, 6.45) is 3.13. The summed E-state index contributed by atoms with van der Waals surface area (Å²) in [6.45, 7) is 6.50. The lowest BCUT2D eigenvalue weighted by Crippen LogP contribution is -2.47. The van der Waals surface area contributed by atoms with Crippen molar-refractivity contribution in [3.8, 4) is 11.1 Å². The number of hydrogen-bond donors (Lipinski definition) is 2. The smallest absolute Gasteiger partial charge is 0.346 e. The molecule has 0 radical (unpaired) electrons. The van der Waals surface area contributed by atoms with Gasteiger partial charge in [-0.25, -0.2) is 15.3 Å². The van der Waals surface area contributed by atoms with E-state index in [9.17, 15) is 18.0 Å². The summed E-state index contributed by atoms with van der Waals surface area (Å²) in [4.78, 5) is 23.6. The number of unbranched alkanes of at least 4 members (excludes halogenated alkanes) is 1. The lowest BCUT2D eigenvalue weighted by atomic mass is 9.73. The zero-order chi connectivity index (χ0) is 28.5. The minimum Gasteiger partial charge on any atom is -0.346 e. The predicted molar refractivity (Wildman–Crippen MR) is 153 cm³/mol. The molecule has 0 saturated carbocycles. The van der Waals surface area contributed by atoms with Crippen molar-refractivity contribution in [2.45, 2.75) is 64.1 Å². The molecule has 1 unspecified atom stereocenters. The minimum absolute atomic E-state index is 0.382. The molecule has 1 atom stereocenters. The van der Waals surface area contributed by atoms with Gasteiger partial charge in [-0.05, 0) is 54.7 Å².